The second-order valence-corrected chi connectivity index (χ2v) is 8.84. The Balaban J connectivity index is 1.24. The van der Waals surface area contributed by atoms with Gasteiger partial charge in [-0.2, -0.15) is 0 Å². The van der Waals surface area contributed by atoms with Gasteiger partial charge in [0.15, 0.2) is 0 Å². The van der Waals surface area contributed by atoms with Crippen molar-refractivity contribution in [3.63, 3.8) is 0 Å². The molecule has 1 saturated heterocycles. The molecular weight excluding hydrogens is 296 g/mol. The molecule has 2 aliphatic carbocycles. The molecule has 3 aliphatic rings. The van der Waals surface area contributed by atoms with Crippen LogP contribution < -0.4 is 5.32 Å². The normalized spacial score (nSPS) is 25.2. The Kier molecular flexibility index (Phi) is 3.95. The molecule has 0 radical (unpaired) electrons. The summed E-state index contributed by atoms with van der Waals surface area (Å²) in [4.78, 5) is 14.8. The number of carbonyl (C=O) groups excluding carboxylic acids is 1. The fourth-order valence-electron chi connectivity index (χ4n) is 4.48. The molecule has 0 unspecified atom stereocenters. The van der Waals surface area contributed by atoms with Crippen molar-refractivity contribution < 1.29 is 4.79 Å². The monoisotopic (exact) mass is 326 g/mol. The summed E-state index contributed by atoms with van der Waals surface area (Å²) >= 11 is 0. The molecule has 4 rings (SSSR count). The number of piperidine rings is 1. The summed E-state index contributed by atoms with van der Waals surface area (Å²) in [5.41, 5.74) is 3.35. The zero-order valence-electron chi connectivity index (χ0n) is 15.1. The smallest absolute Gasteiger partial charge is 0.226 e. The van der Waals surface area contributed by atoms with Crippen LogP contribution in [0.4, 0.5) is 0 Å². The highest BCUT2D eigenvalue weighted by Gasteiger charge is 2.50. The maximum Gasteiger partial charge on any atom is 0.226 e. The molecule has 24 heavy (non-hydrogen) atoms. The highest BCUT2D eigenvalue weighted by atomic mass is 16.2. The van der Waals surface area contributed by atoms with Crippen molar-refractivity contribution in [3.05, 3.63) is 35.4 Å². The Labute approximate surface area is 145 Å². The van der Waals surface area contributed by atoms with Crippen LogP contribution in [-0.4, -0.2) is 29.9 Å². The number of hydrogen-bond donors (Lipinski definition) is 1. The van der Waals surface area contributed by atoms with E-state index >= 15 is 0 Å². The largest absolute Gasteiger partial charge is 0.353 e. The third-order valence-electron chi connectivity index (χ3n) is 6.81. The summed E-state index contributed by atoms with van der Waals surface area (Å²) in [5, 5.41) is 3.30. The third-order valence-corrected chi connectivity index (χ3v) is 6.81. The number of benzene rings is 1. The predicted octanol–water partition coefficient (Wildman–Crippen LogP) is 3.66. The highest BCUT2D eigenvalue weighted by Crippen LogP contribution is 2.50. The number of amides is 1. The molecule has 3 fully saturated rings. The van der Waals surface area contributed by atoms with Crippen LogP contribution in [0.3, 0.4) is 0 Å². The van der Waals surface area contributed by atoms with E-state index in [1.165, 1.54) is 49.9 Å². The molecule has 1 amide bonds. The summed E-state index contributed by atoms with van der Waals surface area (Å²) in [5.74, 6) is 0.305. The number of nitrogens with one attached hydrogen (secondary N) is 1. The highest BCUT2D eigenvalue weighted by molar-refractivity contribution is 5.85. The number of hydrogen-bond acceptors (Lipinski definition) is 2. The van der Waals surface area contributed by atoms with Gasteiger partial charge in [0.25, 0.3) is 0 Å². The summed E-state index contributed by atoms with van der Waals surface area (Å²) in [6.45, 7) is 7.79. The molecule has 1 aromatic rings. The topological polar surface area (TPSA) is 32.3 Å². The SMILES string of the molecule is Cc1ccccc1CN1CCC2(CC1)CC(NC(=O)C1(C)CC1)C2. The zero-order valence-corrected chi connectivity index (χ0v) is 15.1. The lowest BCUT2D eigenvalue weighted by atomic mass is 9.60. The molecule has 3 nitrogen and oxygen atoms in total. The first-order valence-electron chi connectivity index (χ1n) is 9.56. The van der Waals surface area contributed by atoms with Crippen molar-refractivity contribution >= 4 is 5.91 Å². The van der Waals surface area contributed by atoms with Crippen molar-refractivity contribution in [2.24, 2.45) is 10.8 Å². The zero-order chi connectivity index (χ0) is 16.8. The Hall–Kier alpha value is -1.35. The van der Waals surface area contributed by atoms with E-state index in [1.54, 1.807) is 0 Å². The Morgan fingerprint density at radius 1 is 1.17 bits per heavy atom. The molecular formula is C21H30N2O. The molecule has 1 N–H and O–H groups in total. The molecule has 2 saturated carbocycles. The first-order chi connectivity index (χ1) is 11.5. The predicted molar refractivity (Wildman–Crippen MR) is 96.6 cm³/mol. The number of aryl methyl sites for hydroxylation is 1. The minimum Gasteiger partial charge on any atom is -0.353 e. The average molecular weight is 326 g/mol. The second kappa shape index (κ2) is 5.87. The molecule has 0 bridgehead atoms. The Morgan fingerprint density at radius 3 is 2.46 bits per heavy atom. The van der Waals surface area contributed by atoms with Crippen molar-refractivity contribution in [2.75, 3.05) is 13.1 Å². The van der Waals surface area contributed by atoms with Gasteiger partial charge in [-0.25, -0.2) is 0 Å². The standard InChI is InChI=1S/C21H30N2O/c1-16-5-3-4-6-17(16)15-23-11-9-21(10-12-23)13-18(14-21)22-19(24)20(2)7-8-20/h3-6,18H,7-15H2,1-2H3,(H,22,24). The Bertz CT molecular complexity index is 618. The molecule has 130 valence electrons. The maximum absolute atomic E-state index is 12.2. The van der Waals surface area contributed by atoms with Crippen molar-refractivity contribution in [3.8, 4) is 0 Å². The third kappa shape index (κ3) is 3.11. The van der Waals surface area contributed by atoms with Gasteiger partial charge in [-0.1, -0.05) is 31.2 Å². The lowest BCUT2D eigenvalue weighted by molar-refractivity contribution is -0.128. The van der Waals surface area contributed by atoms with E-state index in [1.807, 2.05) is 0 Å². The summed E-state index contributed by atoms with van der Waals surface area (Å²) in [6, 6.07) is 9.17. The summed E-state index contributed by atoms with van der Waals surface area (Å²) in [7, 11) is 0. The second-order valence-electron chi connectivity index (χ2n) is 8.84. The number of carbonyl (C=O) groups is 1. The van der Waals surface area contributed by atoms with Crippen molar-refractivity contribution in [2.45, 2.75) is 65.0 Å². The van der Waals surface area contributed by atoms with E-state index in [4.69, 9.17) is 0 Å². The van der Waals surface area contributed by atoms with E-state index in [0.29, 0.717) is 17.4 Å². The molecule has 0 atom stereocenters. The van der Waals surface area contributed by atoms with Gasteiger partial charge in [0.2, 0.25) is 5.91 Å². The average Bonchev–Trinajstić information content (AvgIpc) is 3.29. The van der Waals surface area contributed by atoms with Crippen LogP contribution in [0.15, 0.2) is 24.3 Å². The van der Waals surface area contributed by atoms with Gasteiger partial charge in [-0.3, -0.25) is 9.69 Å². The van der Waals surface area contributed by atoms with Crippen LogP contribution in [-0.2, 0) is 11.3 Å². The molecule has 1 heterocycles. The lowest BCUT2D eigenvalue weighted by Gasteiger charge is -2.52. The van der Waals surface area contributed by atoms with Gasteiger partial charge in [0.1, 0.15) is 0 Å². The van der Waals surface area contributed by atoms with E-state index in [2.05, 4.69) is 48.3 Å². The van der Waals surface area contributed by atoms with Crippen molar-refractivity contribution in [1.29, 1.82) is 0 Å². The van der Waals surface area contributed by atoms with Crippen LogP contribution >= 0.6 is 0 Å². The van der Waals surface area contributed by atoms with E-state index in [0.717, 1.165) is 19.4 Å². The van der Waals surface area contributed by atoms with Gasteiger partial charge in [-0.05, 0) is 75.1 Å². The van der Waals surface area contributed by atoms with Gasteiger partial charge in [0.05, 0.1) is 0 Å². The lowest BCUT2D eigenvalue weighted by Crippen LogP contribution is -2.55. The Morgan fingerprint density at radius 2 is 1.83 bits per heavy atom. The van der Waals surface area contributed by atoms with Crippen LogP contribution in [0.1, 0.15) is 56.6 Å². The quantitative estimate of drug-likeness (QED) is 0.916. The summed E-state index contributed by atoms with van der Waals surface area (Å²) < 4.78 is 0. The number of rotatable bonds is 4. The minimum atomic E-state index is -0.0281. The van der Waals surface area contributed by atoms with Crippen molar-refractivity contribution in [1.82, 2.24) is 10.2 Å². The molecule has 1 aromatic carbocycles. The van der Waals surface area contributed by atoms with Gasteiger partial charge < -0.3 is 5.32 Å². The number of likely N-dealkylation sites (tertiary alicyclic amines) is 1. The van der Waals surface area contributed by atoms with Gasteiger partial charge in [0, 0.05) is 18.0 Å². The van der Waals surface area contributed by atoms with E-state index in [9.17, 15) is 4.79 Å². The molecule has 1 aliphatic heterocycles. The van der Waals surface area contributed by atoms with Crippen LogP contribution in [0.2, 0.25) is 0 Å². The first kappa shape index (κ1) is 16.1. The van der Waals surface area contributed by atoms with Crippen LogP contribution in [0, 0.1) is 17.8 Å². The van der Waals surface area contributed by atoms with Gasteiger partial charge >= 0.3 is 0 Å². The fraction of sp³-hybridized carbons (Fsp3) is 0.667. The minimum absolute atomic E-state index is 0.0281. The first-order valence-corrected chi connectivity index (χ1v) is 9.56. The van der Waals surface area contributed by atoms with Crippen LogP contribution in [0.25, 0.3) is 0 Å². The molecule has 1 spiro atoms. The fourth-order valence-corrected chi connectivity index (χ4v) is 4.48. The van der Waals surface area contributed by atoms with Gasteiger partial charge in [-0.15, -0.1) is 0 Å². The summed E-state index contributed by atoms with van der Waals surface area (Å²) in [6.07, 6.45) is 7.14. The van der Waals surface area contributed by atoms with Crippen LogP contribution in [0.5, 0.6) is 0 Å². The maximum atomic E-state index is 12.2. The van der Waals surface area contributed by atoms with E-state index in [-0.39, 0.29) is 5.41 Å². The molecule has 3 heteroatoms. The molecule has 0 aromatic heterocycles. The number of nitrogens with zero attached hydrogens (tertiary/aromatic N) is 1. The van der Waals surface area contributed by atoms with E-state index < -0.39 is 0 Å².